The van der Waals surface area contributed by atoms with Crippen LogP contribution in [0.4, 0.5) is 0 Å². The lowest BCUT2D eigenvalue weighted by atomic mass is 10.0. The van der Waals surface area contributed by atoms with E-state index in [1.807, 2.05) is 35.2 Å². The number of benzene rings is 3. The average molecular weight is 423 g/mol. The molecule has 0 unspecified atom stereocenters. The fourth-order valence-corrected chi connectivity index (χ4v) is 4.14. The molecule has 5 heteroatoms. The second-order valence-corrected chi connectivity index (χ2v) is 8.07. The Morgan fingerprint density at radius 2 is 1.87 bits per heavy atom. The highest BCUT2D eigenvalue weighted by Crippen LogP contribution is 2.29. The Balaban J connectivity index is 1.42. The Labute approximate surface area is 182 Å². The number of nitrogens with zero attached hydrogens (tertiary/aromatic N) is 1. The van der Waals surface area contributed by atoms with Gasteiger partial charge in [0.05, 0.1) is 0 Å². The van der Waals surface area contributed by atoms with Crippen molar-refractivity contribution in [3.05, 3.63) is 76.8 Å². The van der Waals surface area contributed by atoms with Crippen LogP contribution in [0.5, 0.6) is 5.75 Å². The van der Waals surface area contributed by atoms with Crippen LogP contribution >= 0.6 is 11.6 Å². The van der Waals surface area contributed by atoms with Gasteiger partial charge >= 0.3 is 0 Å². The third kappa shape index (κ3) is 4.94. The summed E-state index contributed by atoms with van der Waals surface area (Å²) in [6.45, 7) is 3.74. The lowest BCUT2D eigenvalue weighted by Gasteiger charge is -2.17. The highest BCUT2D eigenvalue weighted by molar-refractivity contribution is 6.31. The number of likely N-dealkylation sites (tertiary alicyclic amines) is 1. The molecular weight excluding hydrogens is 396 g/mol. The second kappa shape index (κ2) is 9.96. The quantitative estimate of drug-likeness (QED) is 0.483. The summed E-state index contributed by atoms with van der Waals surface area (Å²) in [5.41, 5.74) is 2.12. The third-order valence-corrected chi connectivity index (χ3v) is 5.96. The van der Waals surface area contributed by atoms with Gasteiger partial charge in [0.1, 0.15) is 12.4 Å². The molecule has 0 radical (unpaired) electrons. The van der Waals surface area contributed by atoms with Crippen LogP contribution in [0.15, 0.2) is 60.7 Å². The van der Waals surface area contributed by atoms with Gasteiger partial charge < -0.3 is 15.0 Å². The molecule has 4 rings (SSSR count). The molecule has 1 aliphatic heterocycles. The summed E-state index contributed by atoms with van der Waals surface area (Å²) in [4.78, 5) is 13.7. The van der Waals surface area contributed by atoms with E-state index < -0.39 is 0 Å². The summed E-state index contributed by atoms with van der Waals surface area (Å²) in [6.07, 6.45) is 2.65. The third-order valence-electron chi connectivity index (χ3n) is 5.59. The van der Waals surface area contributed by atoms with E-state index in [0.717, 1.165) is 54.4 Å². The van der Waals surface area contributed by atoms with E-state index in [0.29, 0.717) is 25.5 Å². The molecule has 30 heavy (non-hydrogen) atoms. The van der Waals surface area contributed by atoms with Gasteiger partial charge in [-0.25, -0.2) is 0 Å². The first-order valence-electron chi connectivity index (χ1n) is 10.6. The van der Waals surface area contributed by atoms with Gasteiger partial charge in [0.25, 0.3) is 0 Å². The number of ether oxygens (including phenoxy) is 1. The predicted molar refractivity (Wildman–Crippen MR) is 122 cm³/mol. The molecule has 1 amide bonds. The van der Waals surface area contributed by atoms with Crippen LogP contribution in [0.2, 0.25) is 5.02 Å². The van der Waals surface area contributed by atoms with Gasteiger partial charge in [-0.3, -0.25) is 4.79 Å². The summed E-state index contributed by atoms with van der Waals surface area (Å²) < 4.78 is 6.19. The normalized spacial score (nSPS) is 13.9. The topological polar surface area (TPSA) is 41.6 Å². The molecule has 1 fully saturated rings. The standard InChI is InChI=1S/C25H27ClN2O2/c26-23-10-4-2-8-20(23)18-30-24-13-12-19-7-1-3-9-21(19)22(24)17-27-14-6-16-28-15-5-11-25(28)29/h1-4,7-10,12-13,27H,5-6,11,14-18H2. The molecule has 156 valence electrons. The number of rotatable bonds is 9. The van der Waals surface area contributed by atoms with E-state index in [9.17, 15) is 4.79 Å². The molecule has 0 atom stereocenters. The van der Waals surface area contributed by atoms with E-state index in [-0.39, 0.29) is 0 Å². The fourth-order valence-electron chi connectivity index (χ4n) is 3.95. The van der Waals surface area contributed by atoms with Gasteiger partial charge in [-0.15, -0.1) is 0 Å². The Morgan fingerprint density at radius 3 is 2.70 bits per heavy atom. The highest BCUT2D eigenvalue weighted by atomic mass is 35.5. The van der Waals surface area contributed by atoms with Crippen molar-refractivity contribution in [2.75, 3.05) is 19.6 Å². The Hall–Kier alpha value is -2.56. The van der Waals surface area contributed by atoms with Gasteiger partial charge in [0.2, 0.25) is 5.91 Å². The maximum atomic E-state index is 11.7. The van der Waals surface area contributed by atoms with Gasteiger partial charge in [-0.05, 0) is 42.3 Å². The van der Waals surface area contributed by atoms with E-state index in [1.54, 1.807) is 0 Å². The minimum absolute atomic E-state index is 0.291. The van der Waals surface area contributed by atoms with Crippen molar-refractivity contribution < 1.29 is 9.53 Å². The van der Waals surface area contributed by atoms with Crippen LogP contribution in [0.3, 0.4) is 0 Å². The molecule has 4 nitrogen and oxygen atoms in total. The zero-order valence-corrected chi connectivity index (χ0v) is 17.8. The highest BCUT2D eigenvalue weighted by Gasteiger charge is 2.19. The average Bonchev–Trinajstić information content (AvgIpc) is 3.18. The van der Waals surface area contributed by atoms with Gasteiger partial charge in [-0.2, -0.15) is 0 Å². The lowest BCUT2D eigenvalue weighted by molar-refractivity contribution is -0.127. The SMILES string of the molecule is O=C1CCCN1CCCNCc1c(OCc2ccccc2Cl)ccc2ccccc12. The zero-order chi connectivity index (χ0) is 20.8. The van der Waals surface area contributed by atoms with Crippen molar-refractivity contribution in [3.8, 4) is 5.75 Å². The monoisotopic (exact) mass is 422 g/mol. The van der Waals surface area contributed by atoms with Gasteiger partial charge in [0, 0.05) is 42.2 Å². The zero-order valence-electron chi connectivity index (χ0n) is 17.1. The van der Waals surface area contributed by atoms with Crippen LogP contribution in [0.25, 0.3) is 10.8 Å². The first-order chi connectivity index (χ1) is 14.7. The molecule has 0 saturated carbocycles. The first-order valence-corrected chi connectivity index (χ1v) is 11.0. The summed E-state index contributed by atoms with van der Waals surface area (Å²) >= 11 is 6.29. The van der Waals surface area contributed by atoms with E-state index >= 15 is 0 Å². The number of amides is 1. The van der Waals surface area contributed by atoms with Crippen molar-refractivity contribution in [1.82, 2.24) is 10.2 Å². The first kappa shape index (κ1) is 20.7. The van der Waals surface area contributed by atoms with Crippen molar-refractivity contribution in [2.45, 2.75) is 32.4 Å². The number of hydrogen-bond donors (Lipinski definition) is 1. The van der Waals surface area contributed by atoms with Gasteiger partial charge in [-0.1, -0.05) is 60.1 Å². The maximum absolute atomic E-state index is 11.7. The van der Waals surface area contributed by atoms with Gasteiger partial charge in [0.15, 0.2) is 0 Å². The summed E-state index contributed by atoms with van der Waals surface area (Å²) in [5, 5.41) is 6.64. The number of carbonyl (C=O) groups excluding carboxylic acids is 1. The number of halogens is 1. The molecule has 0 aromatic heterocycles. The summed E-state index contributed by atoms with van der Waals surface area (Å²) in [7, 11) is 0. The largest absolute Gasteiger partial charge is 0.488 e. The predicted octanol–water partition coefficient (Wildman–Crippen LogP) is 5.17. The number of hydrogen-bond acceptors (Lipinski definition) is 3. The molecule has 0 bridgehead atoms. The van der Waals surface area contributed by atoms with Crippen molar-refractivity contribution >= 4 is 28.3 Å². The fraction of sp³-hybridized carbons (Fsp3) is 0.320. The van der Waals surface area contributed by atoms with Crippen LogP contribution in [-0.2, 0) is 17.9 Å². The smallest absolute Gasteiger partial charge is 0.222 e. The molecule has 0 aliphatic carbocycles. The van der Waals surface area contributed by atoms with Crippen molar-refractivity contribution in [2.24, 2.45) is 0 Å². The van der Waals surface area contributed by atoms with Crippen LogP contribution in [0.1, 0.15) is 30.4 Å². The van der Waals surface area contributed by atoms with Crippen LogP contribution in [-0.4, -0.2) is 30.4 Å². The van der Waals surface area contributed by atoms with E-state index in [1.165, 1.54) is 10.8 Å². The summed E-state index contributed by atoms with van der Waals surface area (Å²) in [6, 6.07) is 20.3. The van der Waals surface area contributed by atoms with Crippen LogP contribution in [0, 0.1) is 0 Å². The number of nitrogens with one attached hydrogen (secondary N) is 1. The minimum atomic E-state index is 0.291. The number of carbonyl (C=O) groups is 1. The van der Waals surface area contributed by atoms with Crippen LogP contribution < -0.4 is 10.1 Å². The van der Waals surface area contributed by atoms with Crippen molar-refractivity contribution in [1.29, 1.82) is 0 Å². The second-order valence-electron chi connectivity index (χ2n) is 7.66. The lowest BCUT2D eigenvalue weighted by Crippen LogP contribution is -2.28. The Kier molecular flexibility index (Phi) is 6.88. The Bertz CT molecular complexity index is 1020. The molecule has 0 spiro atoms. The Morgan fingerprint density at radius 1 is 1.03 bits per heavy atom. The minimum Gasteiger partial charge on any atom is -0.488 e. The van der Waals surface area contributed by atoms with E-state index in [4.69, 9.17) is 16.3 Å². The molecular formula is C25H27ClN2O2. The molecule has 3 aromatic rings. The maximum Gasteiger partial charge on any atom is 0.222 e. The molecule has 1 heterocycles. The molecule has 3 aromatic carbocycles. The van der Waals surface area contributed by atoms with E-state index in [2.05, 4.69) is 35.6 Å². The molecule has 1 saturated heterocycles. The number of fused-ring (bicyclic) bond motifs is 1. The van der Waals surface area contributed by atoms with Crippen molar-refractivity contribution in [3.63, 3.8) is 0 Å². The summed E-state index contributed by atoms with van der Waals surface area (Å²) in [5.74, 6) is 1.16. The molecule has 1 aliphatic rings. The molecule has 1 N–H and O–H groups in total.